The molecule has 1 rings (SSSR count). The van der Waals surface area contributed by atoms with Crippen molar-refractivity contribution < 1.29 is 14.2 Å². The molecule has 1 atom stereocenters. The van der Waals surface area contributed by atoms with E-state index in [1.165, 1.54) is 13.2 Å². The zero-order valence-corrected chi connectivity index (χ0v) is 10.2. The number of unbranched alkanes of at least 4 members (excludes halogenated alkanes) is 1. The third-order valence-corrected chi connectivity index (χ3v) is 2.72. The van der Waals surface area contributed by atoms with Crippen LogP contribution in [0, 0.1) is 18.2 Å². The molecule has 0 heterocycles. The monoisotopic (exact) mass is 236 g/mol. The van der Waals surface area contributed by atoms with E-state index in [1.54, 1.807) is 19.1 Å². The second-order valence-corrected chi connectivity index (χ2v) is 4.15. The van der Waals surface area contributed by atoms with Crippen molar-refractivity contribution >= 4 is 0 Å². The SMILES string of the molecule is C#CCCCC(C)(O)c1c(F)cccc1OC. The Balaban J connectivity index is 3.01. The van der Waals surface area contributed by atoms with Gasteiger partial charge in [-0.3, -0.25) is 0 Å². The van der Waals surface area contributed by atoms with E-state index in [1.807, 2.05) is 0 Å². The Morgan fingerprint density at radius 3 is 2.82 bits per heavy atom. The van der Waals surface area contributed by atoms with Gasteiger partial charge in [0.25, 0.3) is 0 Å². The molecule has 0 spiro atoms. The fourth-order valence-electron chi connectivity index (χ4n) is 1.86. The van der Waals surface area contributed by atoms with Crippen molar-refractivity contribution in [1.82, 2.24) is 0 Å². The van der Waals surface area contributed by atoms with Crippen LogP contribution >= 0.6 is 0 Å². The largest absolute Gasteiger partial charge is 0.496 e. The smallest absolute Gasteiger partial charge is 0.133 e. The first-order chi connectivity index (χ1) is 8.03. The zero-order chi connectivity index (χ0) is 12.9. The number of halogens is 1. The van der Waals surface area contributed by atoms with Crippen LogP contribution in [0.4, 0.5) is 4.39 Å². The van der Waals surface area contributed by atoms with Gasteiger partial charge in [0, 0.05) is 6.42 Å². The van der Waals surface area contributed by atoms with Crippen LogP contribution in [0.2, 0.25) is 0 Å². The minimum atomic E-state index is -1.27. The Bertz CT molecular complexity index is 419. The van der Waals surface area contributed by atoms with Crippen molar-refractivity contribution in [3.63, 3.8) is 0 Å². The van der Waals surface area contributed by atoms with E-state index in [0.717, 1.165) is 0 Å². The van der Waals surface area contributed by atoms with E-state index in [2.05, 4.69) is 5.92 Å². The van der Waals surface area contributed by atoms with Gasteiger partial charge in [0.15, 0.2) is 0 Å². The van der Waals surface area contributed by atoms with Crippen LogP contribution in [0.3, 0.4) is 0 Å². The molecule has 0 amide bonds. The third kappa shape index (κ3) is 3.21. The van der Waals surface area contributed by atoms with Gasteiger partial charge in [0.1, 0.15) is 11.6 Å². The summed E-state index contributed by atoms with van der Waals surface area (Å²) in [7, 11) is 1.45. The number of benzene rings is 1. The maximum atomic E-state index is 13.8. The van der Waals surface area contributed by atoms with Gasteiger partial charge < -0.3 is 9.84 Å². The van der Waals surface area contributed by atoms with Crippen molar-refractivity contribution in [3.05, 3.63) is 29.6 Å². The second kappa shape index (κ2) is 5.70. The number of methoxy groups -OCH3 is 1. The molecule has 92 valence electrons. The van der Waals surface area contributed by atoms with E-state index >= 15 is 0 Å². The summed E-state index contributed by atoms with van der Waals surface area (Å²) in [5.74, 6) is 2.39. The first-order valence-corrected chi connectivity index (χ1v) is 5.51. The molecular formula is C14H17FO2. The molecule has 17 heavy (non-hydrogen) atoms. The number of rotatable bonds is 5. The van der Waals surface area contributed by atoms with Gasteiger partial charge in [-0.2, -0.15) is 0 Å². The summed E-state index contributed by atoms with van der Waals surface area (Å²) in [6, 6.07) is 4.50. The first-order valence-electron chi connectivity index (χ1n) is 5.51. The summed E-state index contributed by atoms with van der Waals surface area (Å²) in [4.78, 5) is 0. The van der Waals surface area contributed by atoms with Crippen molar-refractivity contribution in [2.75, 3.05) is 7.11 Å². The molecule has 0 aliphatic rings. The molecular weight excluding hydrogens is 219 g/mol. The van der Waals surface area contributed by atoms with Gasteiger partial charge in [0.05, 0.1) is 18.3 Å². The van der Waals surface area contributed by atoms with Gasteiger partial charge in [-0.05, 0) is 31.9 Å². The minimum Gasteiger partial charge on any atom is -0.496 e. The number of hydrogen-bond acceptors (Lipinski definition) is 2. The highest BCUT2D eigenvalue weighted by molar-refractivity contribution is 5.38. The van der Waals surface area contributed by atoms with Crippen molar-refractivity contribution in [2.45, 2.75) is 31.8 Å². The molecule has 1 N–H and O–H groups in total. The Hall–Kier alpha value is -1.53. The number of hydrogen-bond donors (Lipinski definition) is 1. The Kier molecular flexibility index (Phi) is 4.53. The molecule has 0 radical (unpaired) electrons. The summed E-state index contributed by atoms with van der Waals surface area (Å²) in [5, 5.41) is 10.3. The fraction of sp³-hybridized carbons (Fsp3) is 0.429. The Morgan fingerprint density at radius 1 is 1.53 bits per heavy atom. The van der Waals surface area contributed by atoms with Gasteiger partial charge in [-0.15, -0.1) is 12.3 Å². The molecule has 0 aromatic heterocycles. The predicted molar refractivity (Wildman–Crippen MR) is 65.2 cm³/mol. The van der Waals surface area contributed by atoms with Crippen LogP contribution in [0.1, 0.15) is 31.7 Å². The Morgan fingerprint density at radius 2 is 2.24 bits per heavy atom. The normalized spacial score (nSPS) is 13.8. The molecule has 1 aromatic rings. The van der Waals surface area contributed by atoms with E-state index in [0.29, 0.717) is 25.0 Å². The molecule has 0 aliphatic heterocycles. The standard InChI is InChI=1S/C14H17FO2/c1-4-5-6-10-14(2,16)13-11(15)8-7-9-12(13)17-3/h1,7-9,16H,5-6,10H2,2-3H3. The topological polar surface area (TPSA) is 29.5 Å². The molecule has 0 bridgehead atoms. The van der Waals surface area contributed by atoms with Gasteiger partial charge >= 0.3 is 0 Å². The van der Waals surface area contributed by atoms with Gasteiger partial charge in [0.2, 0.25) is 0 Å². The van der Waals surface area contributed by atoms with E-state index in [9.17, 15) is 9.50 Å². The molecule has 0 fully saturated rings. The summed E-state index contributed by atoms with van der Waals surface area (Å²) >= 11 is 0. The first kappa shape index (κ1) is 13.5. The average Bonchev–Trinajstić information content (AvgIpc) is 2.28. The number of ether oxygens (including phenoxy) is 1. The average molecular weight is 236 g/mol. The summed E-state index contributed by atoms with van der Waals surface area (Å²) in [6.45, 7) is 1.57. The van der Waals surface area contributed by atoms with Crippen LogP contribution in [0.15, 0.2) is 18.2 Å². The van der Waals surface area contributed by atoms with Crippen molar-refractivity contribution in [2.24, 2.45) is 0 Å². The highest BCUT2D eigenvalue weighted by Crippen LogP contribution is 2.35. The molecule has 1 aromatic carbocycles. The molecule has 0 saturated heterocycles. The molecule has 0 saturated carbocycles. The summed E-state index contributed by atoms with van der Waals surface area (Å²) in [6.07, 6.45) is 6.75. The van der Waals surface area contributed by atoms with Crippen molar-refractivity contribution in [1.29, 1.82) is 0 Å². The lowest BCUT2D eigenvalue weighted by Gasteiger charge is -2.26. The number of aliphatic hydroxyl groups is 1. The van der Waals surface area contributed by atoms with E-state index in [-0.39, 0.29) is 5.56 Å². The molecule has 3 heteroatoms. The van der Waals surface area contributed by atoms with Gasteiger partial charge in [-0.1, -0.05) is 6.07 Å². The van der Waals surface area contributed by atoms with Crippen LogP contribution in [0.25, 0.3) is 0 Å². The summed E-state index contributed by atoms with van der Waals surface area (Å²) < 4.78 is 18.8. The predicted octanol–water partition coefficient (Wildman–Crippen LogP) is 2.85. The maximum absolute atomic E-state index is 13.8. The highest BCUT2D eigenvalue weighted by Gasteiger charge is 2.29. The zero-order valence-electron chi connectivity index (χ0n) is 10.2. The third-order valence-electron chi connectivity index (χ3n) is 2.72. The van der Waals surface area contributed by atoms with Gasteiger partial charge in [-0.25, -0.2) is 4.39 Å². The fourth-order valence-corrected chi connectivity index (χ4v) is 1.86. The molecule has 2 nitrogen and oxygen atoms in total. The summed E-state index contributed by atoms with van der Waals surface area (Å²) in [5.41, 5.74) is -1.08. The minimum absolute atomic E-state index is 0.194. The van der Waals surface area contributed by atoms with Crippen molar-refractivity contribution in [3.8, 4) is 18.1 Å². The number of terminal acetylenes is 1. The lowest BCUT2D eigenvalue weighted by molar-refractivity contribution is 0.0397. The Labute approximate surface area is 101 Å². The van der Waals surface area contributed by atoms with Crippen LogP contribution in [-0.4, -0.2) is 12.2 Å². The lowest BCUT2D eigenvalue weighted by atomic mass is 9.89. The second-order valence-electron chi connectivity index (χ2n) is 4.15. The highest BCUT2D eigenvalue weighted by atomic mass is 19.1. The van der Waals surface area contributed by atoms with E-state index in [4.69, 9.17) is 11.2 Å². The quantitative estimate of drug-likeness (QED) is 0.629. The maximum Gasteiger partial charge on any atom is 0.133 e. The van der Waals surface area contributed by atoms with Crippen LogP contribution in [-0.2, 0) is 5.60 Å². The lowest BCUT2D eigenvalue weighted by Crippen LogP contribution is -2.23. The van der Waals surface area contributed by atoms with E-state index < -0.39 is 11.4 Å². The van der Waals surface area contributed by atoms with Crippen LogP contribution < -0.4 is 4.74 Å². The molecule has 0 aliphatic carbocycles. The molecule has 1 unspecified atom stereocenters. The van der Waals surface area contributed by atoms with Crippen LogP contribution in [0.5, 0.6) is 5.75 Å².